The van der Waals surface area contributed by atoms with Crippen LogP contribution in [0.25, 0.3) is 0 Å². The minimum atomic E-state index is -3.59. The van der Waals surface area contributed by atoms with Crippen molar-refractivity contribution in [3.05, 3.63) is 0 Å². The minimum Gasteiger partial charge on any atom is -0.468 e. The molecule has 0 heterocycles. The van der Waals surface area contributed by atoms with Gasteiger partial charge in [0, 0.05) is 13.1 Å². The lowest BCUT2D eigenvalue weighted by Gasteiger charge is -2.20. The van der Waals surface area contributed by atoms with Gasteiger partial charge in [-0.3, -0.25) is 4.79 Å². The molecule has 15 heavy (non-hydrogen) atoms. The van der Waals surface area contributed by atoms with Crippen LogP contribution in [-0.4, -0.2) is 44.9 Å². The summed E-state index contributed by atoms with van der Waals surface area (Å²) in [5, 5.41) is 0. The highest BCUT2D eigenvalue weighted by Crippen LogP contribution is 1.99. The summed E-state index contributed by atoms with van der Waals surface area (Å²) in [6.45, 7) is 5.61. The molecule has 0 radical (unpaired) electrons. The van der Waals surface area contributed by atoms with Gasteiger partial charge in [0.2, 0.25) is 0 Å². The third-order valence-electron chi connectivity index (χ3n) is 1.93. The number of carbonyl (C=O) groups excluding carboxylic acids is 1. The number of nitrogens with one attached hydrogen (secondary N) is 1. The summed E-state index contributed by atoms with van der Waals surface area (Å²) in [5.74, 6) is -0.606. The fraction of sp³-hybridized carbons (Fsp3) is 0.875. The van der Waals surface area contributed by atoms with Crippen LogP contribution in [0.2, 0.25) is 0 Å². The largest absolute Gasteiger partial charge is 0.468 e. The molecule has 0 aliphatic rings. The zero-order valence-corrected chi connectivity index (χ0v) is 10.3. The Morgan fingerprint density at radius 3 is 2.20 bits per heavy atom. The number of hydrogen-bond acceptors (Lipinski definition) is 4. The van der Waals surface area contributed by atoms with Gasteiger partial charge in [-0.15, -0.1) is 0 Å². The van der Waals surface area contributed by atoms with Crippen LogP contribution in [0.5, 0.6) is 0 Å². The Morgan fingerprint density at radius 2 is 1.87 bits per heavy atom. The van der Waals surface area contributed by atoms with E-state index in [0.717, 1.165) is 0 Å². The van der Waals surface area contributed by atoms with Crippen LogP contribution in [-0.2, 0) is 19.7 Å². The molecule has 6 nitrogen and oxygen atoms in total. The Balaban J connectivity index is 4.57. The van der Waals surface area contributed by atoms with Crippen molar-refractivity contribution in [2.75, 3.05) is 20.2 Å². The molecule has 0 aliphatic heterocycles. The first-order chi connectivity index (χ1) is 6.88. The highest BCUT2D eigenvalue weighted by Gasteiger charge is 2.24. The Bertz CT molecular complexity index is 298. The molecule has 0 rings (SSSR count). The van der Waals surface area contributed by atoms with Crippen molar-refractivity contribution in [2.45, 2.75) is 26.8 Å². The lowest BCUT2D eigenvalue weighted by atomic mass is 10.4. The van der Waals surface area contributed by atoms with Gasteiger partial charge in [0.1, 0.15) is 6.04 Å². The maximum absolute atomic E-state index is 11.6. The molecule has 0 amide bonds. The van der Waals surface area contributed by atoms with E-state index >= 15 is 0 Å². The van der Waals surface area contributed by atoms with Gasteiger partial charge in [0.15, 0.2) is 0 Å². The molecular weight excluding hydrogens is 220 g/mol. The van der Waals surface area contributed by atoms with Gasteiger partial charge in [-0.05, 0) is 6.92 Å². The zero-order valence-electron chi connectivity index (χ0n) is 9.48. The van der Waals surface area contributed by atoms with E-state index in [9.17, 15) is 13.2 Å². The van der Waals surface area contributed by atoms with E-state index in [1.165, 1.54) is 18.3 Å². The number of rotatable bonds is 6. The minimum absolute atomic E-state index is 0.361. The molecule has 7 heteroatoms. The van der Waals surface area contributed by atoms with Crippen LogP contribution in [0.15, 0.2) is 0 Å². The van der Waals surface area contributed by atoms with Crippen molar-refractivity contribution in [1.29, 1.82) is 0 Å². The predicted octanol–water partition coefficient (Wildman–Crippen LogP) is -0.276. The lowest BCUT2D eigenvalue weighted by molar-refractivity contribution is -0.142. The number of ether oxygens (including phenoxy) is 1. The van der Waals surface area contributed by atoms with E-state index < -0.39 is 22.2 Å². The lowest BCUT2D eigenvalue weighted by Crippen LogP contribution is -2.47. The quantitative estimate of drug-likeness (QED) is 0.646. The van der Waals surface area contributed by atoms with E-state index in [0.29, 0.717) is 13.1 Å². The first-order valence-corrected chi connectivity index (χ1v) is 6.18. The Hall–Kier alpha value is -0.660. The molecule has 0 aromatic rings. The van der Waals surface area contributed by atoms with Crippen LogP contribution in [0.3, 0.4) is 0 Å². The summed E-state index contributed by atoms with van der Waals surface area (Å²) < 4.78 is 31.1. The van der Waals surface area contributed by atoms with Crippen molar-refractivity contribution in [1.82, 2.24) is 9.03 Å². The Morgan fingerprint density at radius 1 is 1.40 bits per heavy atom. The molecule has 1 unspecified atom stereocenters. The molecule has 0 aromatic heterocycles. The predicted molar refractivity (Wildman–Crippen MR) is 56.5 cm³/mol. The summed E-state index contributed by atoms with van der Waals surface area (Å²) in [7, 11) is -2.38. The van der Waals surface area contributed by atoms with Gasteiger partial charge in [-0.25, -0.2) is 0 Å². The summed E-state index contributed by atoms with van der Waals surface area (Å²) >= 11 is 0. The molecule has 0 spiro atoms. The average molecular weight is 238 g/mol. The fourth-order valence-corrected chi connectivity index (χ4v) is 2.46. The van der Waals surface area contributed by atoms with Crippen molar-refractivity contribution in [3.63, 3.8) is 0 Å². The van der Waals surface area contributed by atoms with Crippen LogP contribution in [0.4, 0.5) is 0 Å². The molecule has 1 N–H and O–H groups in total. The number of hydrogen-bond donors (Lipinski definition) is 1. The number of methoxy groups -OCH3 is 1. The van der Waals surface area contributed by atoms with E-state index in [-0.39, 0.29) is 0 Å². The molecule has 0 aliphatic carbocycles. The van der Waals surface area contributed by atoms with E-state index in [1.807, 2.05) is 0 Å². The standard InChI is InChI=1S/C8H18N2O4S/c1-5-10(6-2)15(12,13)9-7(3)8(11)14-4/h7,9H,5-6H2,1-4H3. The van der Waals surface area contributed by atoms with E-state index in [2.05, 4.69) is 9.46 Å². The maximum atomic E-state index is 11.6. The molecule has 90 valence electrons. The second-order valence-corrected chi connectivity index (χ2v) is 4.65. The van der Waals surface area contributed by atoms with Crippen LogP contribution >= 0.6 is 0 Å². The molecule has 0 saturated heterocycles. The van der Waals surface area contributed by atoms with Gasteiger partial charge in [-0.2, -0.15) is 17.4 Å². The van der Waals surface area contributed by atoms with E-state index in [4.69, 9.17) is 0 Å². The Kier molecular flexibility index (Phi) is 5.77. The molecule has 0 saturated carbocycles. The summed E-state index contributed by atoms with van der Waals surface area (Å²) in [5.41, 5.74) is 0. The molecule has 0 aromatic carbocycles. The van der Waals surface area contributed by atoms with Gasteiger partial charge in [0.25, 0.3) is 10.2 Å². The SMILES string of the molecule is CCN(CC)S(=O)(=O)NC(C)C(=O)OC. The van der Waals surface area contributed by atoms with Gasteiger partial charge in [-0.1, -0.05) is 13.8 Å². The third-order valence-corrected chi connectivity index (χ3v) is 3.77. The van der Waals surface area contributed by atoms with Gasteiger partial charge in [0.05, 0.1) is 7.11 Å². The van der Waals surface area contributed by atoms with Gasteiger partial charge < -0.3 is 4.74 Å². The van der Waals surface area contributed by atoms with Crippen LogP contribution in [0, 0.1) is 0 Å². The normalized spacial score (nSPS) is 13.9. The maximum Gasteiger partial charge on any atom is 0.323 e. The fourth-order valence-electron chi connectivity index (χ4n) is 1.09. The van der Waals surface area contributed by atoms with Crippen molar-refractivity contribution < 1.29 is 17.9 Å². The van der Waals surface area contributed by atoms with Crippen molar-refractivity contribution in [2.24, 2.45) is 0 Å². The van der Waals surface area contributed by atoms with Crippen molar-refractivity contribution in [3.8, 4) is 0 Å². The summed E-state index contributed by atoms with van der Waals surface area (Å²) in [6, 6.07) is -0.874. The van der Waals surface area contributed by atoms with Crippen LogP contribution in [0.1, 0.15) is 20.8 Å². The second-order valence-electron chi connectivity index (χ2n) is 2.95. The summed E-state index contributed by atoms with van der Waals surface area (Å²) in [4.78, 5) is 11.0. The number of nitrogens with zero attached hydrogens (tertiary/aromatic N) is 1. The third kappa shape index (κ3) is 4.15. The zero-order chi connectivity index (χ0) is 12.1. The first kappa shape index (κ1) is 14.3. The van der Waals surface area contributed by atoms with E-state index in [1.54, 1.807) is 13.8 Å². The molecular formula is C8H18N2O4S. The average Bonchev–Trinajstić information content (AvgIpc) is 2.17. The van der Waals surface area contributed by atoms with Crippen molar-refractivity contribution >= 4 is 16.2 Å². The van der Waals surface area contributed by atoms with Crippen LogP contribution < -0.4 is 4.72 Å². The monoisotopic (exact) mass is 238 g/mol. The highest BCUT2D eigenvalue weighted by atomic mass is 32.2. The second kappa shape index (κ2) is 6.04. The van der Waals surface area contributed by atoms with Gasteiger partial charge >= 0.3 is 5.97 Å². The Labute approximate surface area is 90.8 Å². The smallest absolute Gasteiger partial charge is 0.323 e. The molecule has 0 bridgehead atoms. The highest BCUT2D eigenvalue weighted by molar-refractivity contribution is 7.87. The first-order valence-electron chi connectivity index (χ1n) is 4.74. The molecule has 0 fully saturated rings. The molecule has 1 atom stereocenters. The number of carbonyl (C=O) groups is 1. The summed E-state index contributed by atoms with van der Waals surface area (Å²) in [6.07, 6.45) is 0. The number of esters is 1. The topological polar surface area (TPSA) is 75.7 Å².